The average molecular weight is 447 g/mol. The van der Waals surface area contributed by atoms with Gasteiger partial charge in [-0.25, -0.2) is 4.39 Å². The normalized spacial score (nSPS) is 11.8. The molecule has 4 rings (SSSR count). The van der Waals surface area contributed by atoms with E-state index in [2.05, 4.69) is 15.0 Å². The topological polar surface area (TPSA) is 99.5 Å². The molecule has 0 radical (unpaired) electrons. The minimum Gasteiger partial charge on any atom is -0.321 e. The summed E-state index contributed by atoms with van der Waals surface area (Å²) in [5.74, 6) is -1.31. The second kappa shape index (κ2) is 8.69. The summed E-state index contributed by atoms with van der Waals surface area (Å²) in [7, 11) is 0. The van der Waals surface area contributed by atoms with Crippen LogP contribution < -0.4 is 5.56 Å². The van der Waals surface area contributed by atoms with Crippen molar-refractivity contribution in [2.75, 3.05) is 0 Å². The fourth-order valence-electron chi connectivity index (χ4n) is 3.66. The second-order valence-corrected chi connectivity index (χ2v) is 7.87. The Morgan fingerprint density at radius 2 is 1.97 bits per heavy atom. The maximum atomic E-state index is 13.6. The van der Waals surface area contributed by atoms with Crippen LogP contribution in [0, 0.1) is 17.1 Å². The quantitative estimate of drug-likeness (QED) is 0.433. The highest BCUT2D eigenvalue weighted by Gasteiger charge is 2.23. The minimum atomic E-state index is -0.563. The molecule has 32 heavy (non-hydrogen) atoms. The number of nitriles is 1. The Bertz CT molecular complexity index is 1460. The van der Waals surface area contributed by atoms with Gasteiger partial charge >= 0.3 is 0 Å². The number of Topliss-reactive ketones (excluding diaryl/α,β-unsaturated/α-hetero) is 1. The van der Waals surface area contributed by atoms with Gasteiger partial charge in [0.2, 0.25) is 0 Å². The minimum absolute atomic E-state index is 0.0430. The predicted molar refractivity (Wildman–Crippen MR) is 119 cm³/mol. The Hall–Kier alpha value is -3.89. The van der Waals surface area contributed by atoms with Crippen molar-refractivity contribution in [1.82, 2.24) is 15.0 Å². The lowest BCUT2D eigenvalue weighted by Gasteiger charge is -2.15. The lowest BCUT2D eigenvalue weighted by Crippen LogP contribution is -2.21. The van der Waals surface area contributed by atoms with Crippen LogP contribution in [-0.4, -0.2) is 20.7 Å². The maximum Gasteiger partial charge on any atom is 0.259 e. The van der Waals surface area contributed by atoms with Gasteiger partial charge in [0.25, 0.3) is 5.56 Å². The molecule has 1 atom stereocenters. The van der Waals surface area contributed by atoms with Gasteiger partial charge in [-0.3, -0.25) is 19.6 Å². The summed E-state index contributed by atoms with van der Waals surface area (Å²) < 4.78 is 13.6. The standard InChI is InChI=1S/C24H16ClFN4O2/c1-13(15-6-18(26)12-29-10-15)4-21(31)23-22(16-5-14(8-27)9-28-11-16)19-7-17(25)2-3-20(19)30-24(23)32/h2-3,5-7,9-13H,4H2,1H3,(H,30,32). The van der Waals surface area contributed by atoms with Gasteiger partial charge in [0, 0.05) is 52.1 Å². The molecule has 0 aliphatic rings. The SMILES string of the molecule is CC(CC(=O)c1c(-c2cncc(C#N)c2)c2cc(Cl)ccc2[nH]c1=O)c1cncc(F)c1. The smallest absolute Gasteiger partial charge is 0.259 e. The van der Waals surface area contributed by atoms with Crippen molar-refractivity contribution in [2.24, 2.45) is 0 Å². The maximum absolute atomic E-state index is 13.6. The fraction of sp³-hybridized carbons (Fsp3) is 0.125. The third kappa shape index (κ3) is 4.13. The van der Waals surface area contributed by atoms with E-state index in [0.29, 0.717) is 32.6 Å². The van der Waals surface area contributed by atoms with Crippen LogP contribution in [0.25, 0.3) is 22.0 Å². The van der Waals surface area contributed by atoms with E-state index in [-0.39, 0.29) is 23.5 Å². The van der Waals surface area contributed by atoms with Crippen LogP contribution in [0.5, 0.6) is 0 Å². The molecule has 3 heterocycles. The summed E-state index contributed by atoms with van der Waals surface area (Å²) in [5, 5.41) is 10.3. The number of aromatic nitrogens is 3. The number of ketones is 1. The van der Waals surface area contributed by atoms with Gasteiger partial charge in [0.1, 0.15) is 11.9 Å². The van der Waals surface area contributed by atoms with E-state index in [0.717, 1.165) is 6.20 Å². The van der Waals surface area contributed by atoms with Gasteiger partial charge in [0.05, 0.1) is 17.3 Å². The molecule has 1 unspecified atom stereocenters. The van der Waals surface area contributed by atoms with Crippen LogP contribution in [0.2, 0.25) is 5.02 Å². The number of benzene rings is 1. The predicted octanol–water partition coefficient (Wildman–Crippen LogP) is 5.03. The second-order valence-electron chi connectivity index (χ2n) is 7.43. The molecular weight excluding hydrogens is 431 g/mol. The number of halogens is 2. The van der Waals surface area contributed by atoms with Crippen molar-refractivity contribution in [3.63, 3.8) is 0 Å². The number of hydrogen-bond acceptors (Lipinski definition) is 5. The van der Waals surface area contributed by atoms with Crippen LogP contribution in [0.4, 0.5) is 4.39 Å². The van der Waals surface area contributed by atoms with Crippen molar-refractivity contribution in [3.8, 4) is 17.2 Å². The largest absolute Gasteiger partial charge is 0.321 e. The summed E-state index contributed by atoms with van der Waals surface area (Å²) in [4.78, 5) is 37.0. The Labute approximate surface area is 187 Å². The molecule has 3 aromatic heterocycles. The summed E-state index contributed by atoms with van der Waals surface area (Å²) in [5.41, 5.74) is 1.51. The van der Waals surface area contributed by atoms with Crippen molar-refractivity contribution in [2.45, 2.75) is 19.3 Å². The highest BCUT2D eigenvalue weighted by Crippen LogP contribution is 2.33. The molecule has 0 saturated heterocycles. The zero-order chi connectivity index (χ0) is 22.8. The number of nitrogens with one attached hydrogen (secondary N) is 1. The first-order valence-electron chi connectivity index (χ1n) is 9.72. The first-order valence-corrected chi connectivity index (χ1v) is 10.1. The molecule has 6 nitrogen and oxygen atoms in total. The van der Waals surface area contributed by atoms with Gasteiger partial charge in [0.15, 0.2) is 5.78 Å². The molecule has 4 aromatic rings. The van der Waals surface area contributed by atoms with E-state index < -0.39 is 17.2 Å². The van der Waals surface area contributed by atoms with Crippen molar-refractivity contribution in [1.29, 1.82) is 5.26 Å². The van der Waals surface area contributed by atoms with Crippen molar-refractivity contribution in [3.05, 3.63) is 93.0 Å². The lowest BCUT2D eigenvalue weighted by molar-refractivity contribution is 0.0975. The molecule has 0 spiro atoms. The molecule has 8 heteroatoms. The zero-order valence-electron chi connectivity index (χ0n) is 16.9. The number of carbonyl (C=O) groups excluding carboxylic acids is 1. The number of fused-ring (bicyclic) bond motifs is 1. The van der Waals surface area contributed by atoms with Gasteiger partial charge in [-0.2, -0.15) is 5.26 Å². The number of nitrogens with zero attached hydrogens (tertiary/aromatic N) is 3. The zero-order valence-corrected chi connectivity index (χ0v) is 17.7. The summed E-state index contributed by atoms with van der Waals surface area (Å²) >= 11 is 6.20. The highest BCUT2D eigenvalue weighted by molar-refractivity contribution is 6.31. The Kier molecular flexibility index (Phi) is 5.80. The van der Waals surface area contributed by atoms with Crippen LogP contribution in [0.15, 0.2) is 59.9 Å². The molecule has 0 fully saturated rings. The molecule has 158 valence electrons. The number of rotatable bonds is 5. The summed E-state index contributed by atoms with van der Waals surface area (Å²) in [6.07, 6.45) is 5.42. The number of H-pyrrole nitrogens is 1. The van der Waals surface area contributed by atoms with Crippen LogP contribution in [0.3, 0.4) is 0 Å². The Morgan fingerprint density at radius 1 is 1.19 bits per heavy atom. The molecule has 0 bridgehead atoms. The third-order valence-electron chi connectivity index (χ3n) is 5.20. The molecule has 0 amide bonds. The molecule has 0 aliphatic carbocycles. The molecule has 0 aliphatic heterocycles. The summed E-state index contributed by atoms with van der Waals surface area (Å²) in [6.45, 7) is 1.76. The van der Waals surface area contributed by atoms with Gasteiger partial charge < -0.3 is 4.98 Å². The third-order valence-corrected chi connectivity index (χ3v) is 5.43. The van der Waals surface area contributed by atoms with Crippen molar-refractivity contribution < 1.29 is 9.18 Å². The van der Waals surface area contributed by atoms with E-state index in [1.54, 1.807) is 31.2 Å². The first-order chi connectivity index (χ1) is 15.4. The number of aromatic amines is 1. The molecular formula is C24H16ClFN4O2. The van der Waals surface area contributed by atoms with Crippen LogP contribution in [-0.2, 0) is 0 Å². The van der Waals surface area contributed by atoms with E-state index in [9.17, 15) is 19.2 Å². The van der Waals surface area contributed by atoms with E-state index in [4.69, 9.17) is 11.6 Å². The average Bonchev–Trinajstić information content (AvgIpc) is 2.78. The number of pyridine rings is 3. The van der Waals surface area contributed by atoms with Gasteiger partial charge in [-0.1, -0.05) is 18.5 Å². The van der Waals surface area contributed by atoms with Gasteiger partial charge in [-0.05, 0) is 41.8 Å². The molecule has 1 aromatic carbocycles. The number of carbonyl (C=O) groups is 1. The number of hydrogen-bond donors (Lipinski definition) is 1. The van der Waals surface area contributed by atoms with Crippen LogP contribution in [0.1, 0.15) is 40.7 Å². The van der Waals surface area contributed by atoms with E-state index in [1.165, 1.54) is 24.7 Å². The van der Waals surface area contributed by atoms with Crippen LogP contribution >= 0.6 is 11.6 Å². The molecule has 1 N–H and O–H groups in total. The van der Waals surface area contributed by atoms with Crippen molar-refractivity contribution >= 4 is 28.3 Å². The van der Waals surface area contributed by atoms with E-state index >= 15 is 0 Å². The highest BCUT2D eigenvalue weighted by atomic mass is 35.5. The Balaban J connectivity index is 1.90. The molecule has 0 saturated carbocycles. The fourth-order valence-corrected chi connectivity index (χ4v) is 3.84. The summed E-state index contributed by atoms with van der Waals surface area (Å²) in [6, 6.07) is 9.84. The van der Waals surface area contributed by atoms with Gasteiger partial charge in [-0.15, -0.1) is 0 Å². The lowest BCUT2D eigenvalue weighted by atomic mass is 9.89. The van der Waals surface area contributed by atoms with E-state index in [1.807, 2.05) is 6.07 Å². The Morgan fingerprint density at radius 3 is 2.72 bits per heavy atom. The first kappa shape index (κ1) is 21.3. The monoisotopic (exact) mass is 446 g/mol.